The van der Waals surface area contributed by atoms with Crippen LogP contribution in [0.4, 0.5) is 0 Å². The van der Waals surface area contributed by atoms with Crippen molar-refractivity contribution in [3.8, 4) is 0 Å². The van der Waals surface area contributed by atoms with Crippen LogP contribution < -0.4 is 10.6 Å². The number of aryl methyl sites for hydroxylation is 1. The van der Waals surface area contributed by atoms with E-state index < -0.39 is 0 Å². The van der Waals surface area contributed by atoms with E-state index in [0.29, 0.717) is 0 Å². The van der Waals surface area contributed by atoms with Crippen molar-refractivity contribution in [1.29, 1.82) is 0 Å². The Morgan fingerprint density at radius 2 is 2.14 bits per heavy atom. The van der Waals surface area contributed by atoms with Crippen LogP contribution in [0.15, 0.2) is 16.4 Å². The van der Waals surface area contributed by atoms with Crippen LogP contribution in [0.1, 0.15) is 10.4 Å². The Hall–Kier alpha value is -0.380. The van der Waals surface area contributed by atoms with Crippen molar-refractivity contribution in [2.75, 3.05) is 46.4 Å². The highest BCUT2D eigenvalue weighted by Gasteiger charge is 2.09. The van der Waals surface area contributed by atoms with Crippen molar-refractivity contribution >= 4 is 41.3 Å². The zero-order valence-electron chi connectivity index (χ0n) is 12.7. The predicted molar refractivity (Wildman–Crippen MR) is 99.9 cm³/mol. The molecule has 2 heterocycles. The third kappa shape index (κ3) is 6.50. The summed E-state index contributed by atoms with van der Waals surface area (Å²) in [5, 5.41) is 8.84. The van der Waals surface area contributed by atoms with Crippen LogP contribution in [0.3, 0.4) is 0 Å². The summed E-state index contributed by atoms with van der Waals surface area (Å²) in [6.07, 6.45) is 0. The molecule has 0 atom stereocenters. The summed E-state index contributed by atoms with van der Waals surface area (Å²) in [6.45, 7) is 8.67. The van der Waals surface area contributed by atoms with Crippen molar-refractivity contribution in [3.63, 3.8) is 0 Å². The second-order valence-electron chi connectivity index (χ2n) is 4.83. The van der Waals surface area contributed by atoms with Gasteiger partial charge in [-0.2, -0.15) is 0 Å². The summed E-state index contributed by atoms with van der Waals surface area (Å²) in [4.78, 5) is 8.03. The molecule has 120 valence electrons. The number of thiophene rings is 1. The number of rotatable bonds is 5. The summed E-state index contributed by atoms with van der Waals surface area (Å²) in [7, 11) is 1.81. The number of morpholine rings is 1. The standard InChI is InChI=1S/C14H24N4OS.HI/c1-12-3-10-20-13(12)11-17-14(15-2)16-4-5-18-6-8-19-9-7-18;/h3,10H,4-9,11H2,1-2H3,(H2,15,16,17);1H. The molecular weight excluding hydrogens is 399 g/mol. The number of ether oxygens (including phenoxy) is 1. The molecule has 1 fully saturated rings. The first-order valence-corrected chi connectivity index (χ1v) is 7.95. The number of nitrogens with zero attached hydrogens (tertiary/aromatic N) is 2. The van der Waals surface area contributed by atoms with Crippen LogP contribution in [0.2, 0.25) is 0 Å². The van der Waals surface area contributed by atoms with Gasteiger partial charge in [0.05, 0.1) is 19.8 Å². The Kier molecular flexibility index (Phi) is 9.21. The van der Waals surface area contributed by atoms with Crippen molar-refractivity contribution in [2.45, 2.75) is 13.5 Å². The molecule has 0 amide bonds. The van der Waals surface area contributed by atoms with E-state index in [2.05, 4.69) is 38.9 Å². The Bertz CT molecular complexity index is 432. The normalized spacial score (nSPS) is 16.4. The molecular formula is C14H25IN4OS. The number of hydrogen-bond donors (Lipinski definition) is 2. The van der Waals surface area contributed by atoms with Gasteiger partial charge in [-0.3, -0.25) is 9.89 Å². The summed E-state index contributed by atoms with van der Waals surface area (Å²) in [6, 6.07) is 2.15. The van der Waals surface area contributed by atoms with Gasteiger partial charge in [0, 0.05) is 38.1 Å². The van der Waals surface area contributed by atoms with E-state index in [1.165, 1.54) is 10.4 Å². The van der Waals surface area contributed by atoms with E-state index in [0.717, 1.165) is 51.9 Å². The third-order valence-electron chi connectivity index (χ3n) is 3.43. The highest BCUT2D eigenvalue weighted by Crippen LogP contribution is 2.14. The molecule has 1 aliphatic heterocycles. The van der Waals surface area contributed by atoms with Gasteiger partial charge in [-0.15, -0.1) is 35.3 Å². The molecule has 0 aromatic carbocycles. The molecule has 2 rings (SSSR count). The molecule has 1 saturated heterocycles. The fourth-order valence-corrected chi connectivity index (χ4v) is 2.97. The molecule has 0 bridgehead atoms. The number of nitrogens with one attached hydrogen (secondary N) is 2. The molecule has 1 aromatic rings. The second-order valence-corrected chi connectivity index (χ2v) is 5.83. The lowest BCUT2D eigenvalue weighted by molar-refractivity contribution is 0.0389. The molecule has 21 heavy (non-hydrogen) atoms. The van der Waals surface area contributed by atoms with Crippen molar-refractivity contribution in [3.05, 3.63) is 21.9 Å². The zero-order chi connectivity index (χ0) is 14.2. The van der Waals surface area contributed by atoms with Crippen molar-refractivity contribution in [1.82, 2.24) is 15.5 Å². The average Bonchev–Trinajstić information content (AvgIpc) is 2.89. The minimum atomic E-state index is 0. The minimum absolute atomic E-state index is 0. The van der Waals surface area contributed by atoms with E-state index in [9.17, 15) is 0 Å². The maximum Gasteiger partial charge on any atom is 0.191 e. The maximum atomic E-state index is 5.34. The van der Waals surface area contributed by atoms with Crippen LogP contribution in [-0.4, -0.2) is 57.3 Å². The summed E-state index contributed by atoms with van der Waals surface area (Å²) in [5.41, 5.74) is 1.34. The topological polar surface area (TPSA) is 48.9 Å². The van der Waals surface area contributed by atoms with Gasteiger partial charge >= 0.3 is 0 Å². The van der Waals surface area contributed by atoms with Gasteiger partial charge in [-0.25, -0.2) is 0 Å². The highest BCUT2D eigenvalue weighted by molar-refractivity contribution is 14.0. The first kappa shape index (κ1) is 18.7. The van der Waals surface area contributed by atoms with Crippen LogP contribution in [0.5, 0.6) is 0 Å². The Morgan fingerprint density at radius 1 is 1.38 bits per heavy atom. The molecule has 2 N–H and O–H groups in total. The Balaban J connectivity index is 0.00000220. The molecule has 0 unspecified atom stereocenters. The second kappa shape index (κ2) is 10.4. The zero-order valence-corrected chi connectivity index (χ0v) is 15.9. The average molecular weight is 424 g/mol. The summed E-state index contributed by atoms with van der Waals surface area (Å²) in [5.74, 6) is 0.867. The van der Waals surface area contributed by atoms with E-state index in [-0.39, 0.29) is 24.0 Å². The van der Waals surface area contributed by atoms with Crippen molar-refractivity contribution < 1.29 is 4.74 Å². The number of guanidine groups is 1. The number of aliphatic imine (C=N–C) groups is 1. The van der Waals surface area contributed by atoms with Gasteiger partial charge in [-0.1, -0.05) is 0 Å². The van der Waals surface area contributed by atoms with E-state index in [4.69, 9.17) is 4.74 Å². The Labute approximate surface area is 148 Å². The lowest BCUT2D eigenvalue weighted by Gasteiger charge is -2.26. The predicted octanol–water partition coefficient (Wildman–Crippen LogP) is 1.67. The fourth-order valence-electron chi connectivity index (χ4n) is 2.13. The SMILES string of the molecule is CN=C(NCCN1CCOCC1)NCc1sccc1C.I. The molecule has 0 spiro atoms. The number of hydrogen-bond acceptors (Lipinski definition) is 4. The smallest absolute Gasteiger partial charge is 0.191 e. The minimum Gasteiger partial charge on any atom is -0.379 e. The molecule has 5 nitrogen and oxygen atoms in total. The quantitative estimate of drug-likeness (QED) is 0.429. The Morgan fingerprint density at radius 3 is 2.76 bits per heavy atom. The summed E-state index contributed by atoms with van der Waals surface area (Å²) >= 11 is 1.78. The molecule has 7 heteroatoms. The van der Waals surface area contributed by atoms with Gasteiger partial charge in [0.15, 0.2) is 5.96 Å². The highest BCUT2D eigenvalue weighted by atomic mass is 127. The van der Waals surface area contributed by atoms with E-state index in [1.807, 2.05) is 7.05 Å². The monoisotopic (exact) mass is 424 g/mol. The van der Waals surface area contributed by atoms with Crippen LogP contribution in [0.25, 0.3) is 0 Å². The third-order valence-corrected chi connectivity index (χ3v) is 4.46. The maximum absolute atomic E-state index is 5.34. The lowest BCUT2D eigenvalue weighted by Crippen LogP contribution is -2.44. The molecule has 0 aliphatic carbocycles. The largest absolute Gasteiger partial charge is 0.379 e. The van der Waals surface area contributed by atoms with Gasteiger partial charge in [0.2, 0.25) is 0 Å². The summed E-state index contributed by atoms with van der Waals surface area (Å²) < 4.78 is 5.34. The van der Waals surface area contributed by atoms with E-state index in [1.54, 1.807) is 11.3 Å². The van der Waals surface area contributed by atoms with Gasteiger partial charge in [0.25, 0.3) is 0 Å². The first-order valence-electron chi connectivity index (χ1n) is 7.07. The van der Waals surface area contributed by atoms with E-state index >= 15 is 0 Å². The fraction of sp³-hybridized carbons (Fsp3) is 0.643. The van der Waals surface area contributed by atoms with Crippen LogP contribution in [-0.2, 0) is 11.3 Å². The molecule has 1 aromatic heterocycles. The van der Waals surface area contributed by atoms with Gasteiger partial charge in [0.1, 0.15) is 0 Å². The molecule has 1 aliphatic rings. The van der Waals surface area contributed by atoms with Crippen molar-refractivity contribution in [2.24, 2.45) is 4.99 Å². The molecule has 0 saturated carbocycles. The van der Waals surface area contributed by atoms with Gasteiger partial charge in [-0.05, 0) is 23.9 Å². The van der Waals surface area contributed by atoms with Gasteiger partial charge < -0.3 is 15.4 Å². The van der Waals surface area contributed by atoms with Crippen LogP contribution in [0, 0.1) is 6.92 Å². The molecule has 0 radical (unpaired) electrons. The lowest BCUT2D eigenvalue weighted by atomic mass is 10.3. The van der Waals surface area contributed by atoms with Crippen LogP contribution >= 0.6 is 35.3 Å². The first-order chi connectivity index (χ1) is 9.79. The number of halogens is 1.